The molecule has 10 heteroatoms. The van der Waals surface area contributed by atoms with Gasteiger partial charge in [-0.05, 0) is 49.2 Å². The van der Waals surface area contributed by atoms with Crippen molar-refractivity contribution >= 4 is 28.8 Å². The van der Waals surface area contributed by atoms with Gasteiger partial charge in [0.25, 0.3) is 5.91 Å². The Kier molecular flexibility index (Phi) is 6.79. The molecule has 0 radical (unpaired) electrons. The molecule has 0 aromatic heterocycles. The van der Waals surface area contributed by atoms with Crippen molar-refractivity contribution < 1.29 is 33.0 Å². The largest absolute Gasteiger partial charge is 0.772 e. The van der Waals surface area contributed by atoms with E-state index in [1.165, 1.54) is 10.4 Å². The maximum Gasteiger partial charge on any atom is 0.414 e. The van der Waals surface area contributed by atoms with E-state index >= 15 is 0 Å². The lowest BCUT2D eigenvalue weighted by molar-refractivity contribution is -0.132. The summed E-state index contributed by atoms with van der Waals surface area (Å²) >= 11 is -2.83. The highest BCUT2D eigenvalue weighted by molar-refractivity contribution is 7.81. The molecular weight excluding hydrogens is 376 g/mol. The molecule has 2 amide bonds. The number of amides is 2. The second-order valence-electron chi connectivity index (χ2n) is 5.94. The van der Waals surface area contributed by atoms with Crippen LogP contribution in [-0.2, 0) is 20.6 Å². The molecule has 27 heavy (non-hydrogen) atoms. The van der Waals surface area contributed by atoms with Gasteiger partial charge in [-0.25, -0.2) is 10.3 Å². The van der Waals surface area contributed by atoms with Gasteiger partial charge in [-0.1, -0.05) is 5.92 Å². The Morgan fingerprint density at radius 1 is 1.52 bits per heavy atom. The minimum Gasteiger partial charge on any atom is -0.772 e. The van der Waals surface area contributed by atoms with E-state index in [0.29, 0.717) is 11.4 Å². The molecule has 2 rings (SSSR count). The van der Waals surface area contributed by atoms with Gasteiger partial charge in [0.2, 0.25) is 0 Å². The fourth-order valence-electron chi connectivity index (χ4n) is 2.54. The molecule has 1 aliphatic rings. The van der Waals surface area contributed by atoms with Crippen molar-refractivity contribution in [3.63, 3.8) is 0 Å². The number of carbonyl (C=O) groups excluding carboxylic acids is 2. The Morgan fingerprint density at radius 2 is 2.19 bits per heavy atom. The summed E-state index contributed by atoms with van der Waals surface area (Å²) in [5, 5.41) is 8.77. The number of anilines is 1. The van der Waals surface area contributed by atoms with Crippen LogP contribution < -0.4 is 15.1 Å². The van der Waals surface area contributed by atoms with Crippen molar-refractivity contribution in [2.75, 3.05) is 18.1 Å². The molecule has 3 atom stereocenters. The topological polar surface area (TPSA) is 128 Å². The molecule has 0 spiro atoms. The summed E-state index contributed by atoms with van der Waals surface area (Å²) < 4.78 is 31.5. The van der Waals surface area contributed by atoms with Crippen LogP contribution in [0.25, 0.3) is 0 Å². The first-order valence-corrected chi connectivity index (χ1v) is 9.04. The molecule has 1 unspecified atom stereocenters. The third-order valence-corrected chi connectivity index (χ3v) is 5.16. The van der Waals surface area contributed by atoms with Crippen molar-refractivity contribution in [1.29, 1.82) is 0 Å². The van der Waals surface area contributed by atoms with E-state index in [2.05, 4.69) is 11.8 Å². The standard InChI is InChI=1S/C17H20N2O7S/c1-3-4-9-25-13-7-5-12(6-8-13)19-11-14(26-16(19)21)10-17(2,27(23)24)15(20)18-22/h5-8,14,22H,9-11H2,1-2H3,(H,18,20)(H,23,24)/p-1/t14-,17+/m0/s1. The van der Waals surface area contributed by atoms with Crippen LogP contribution >= 0.6 is 0 Å². The number of cyclic esters (lactones) is 1. The lowest BCUT2D eigenvalue weighted by Crippen LogP contribution is -2.49. The Morgan fingerprint density at radius 3 is 2.74 bits per heavy atom. The molecule has 1 aromatic carbocycles. The minimum atomic E-state index is -2.83. The van der Waals surface area contributed by atoms with Crippen LogP contribution in [-0.4, -0.2) is 50.0 Å². The highest BCUT2D eigenvalue weighted by Gasteiger charge is 2.42. The van der Waals surface area contributed by atoms with Crippen LogP contribution in [0.3, 0.4) is 0 Å². The highest BCUT2D eigenvalue weighted by atomic mass is 32.2. The summed E-state index contributed by atoms with van der Waals surface area (Å²) in [4.78, 5) is 25.2. The monoisotopic (exact) mass is 395 g/mol. The van der Waals surface area contributed by atoms with E-state index in [4.69, 9.17) is 14.7 Å². The number of rotatable bonds is 7. The fraction of sp³-hybridized carbons (Fsp3) is 0.412. The predicted molar refractivity (Wildman–Crippen MR) is 94.9 cm³/mol. The lowest BCUT2D eigenvalue weighted by atomic mass is 10.0. The number of benzene rings is 1. The highest BCUT2D eigenvalue weighted by Crippen LogP contribution is 2.29. The second-order valence-corrected chi connectivity index (χ2v) is 7.31. The van der Waals surface area contributed by atoms with Gasteiger partial charge in [0.1, 0.15) is 23.2 Å². The molecule has 1 fully saturated rings. The Bertz CT molecular complexity index is 787. The van der Waals surface area contributed by atoms with Gasteiger partial charge in [-0.2, -0.15) is 0 Å². The minimum absolute atomic E-state index is 0.0614. The zero-order valence-corrected chi connectivity index (χ0v) is 15.6. The maximum absolute atomic E-state index is 12.1. The smallest absolute Gasteiger partial charge is 0.414 e. The quantitative estimate of drug-likeness (QED) is 0.304. The Labute approximate surface area is 158 Å². The molecule has 0 bridgehead atoms. The maximum atomic E-state index is 12.1. The molecule has 1 heterocycles. The third-order valence-electron chi connectivity index (χ3n) is 4.08. The van der Waals surface area contributed by atoms with Crippen LogP contribution in [0.5, 0.6) is 5.75 Å². The molecule has 0 saturated carbocycles. The first kappa shape index (κ1) is 20.7. The van der Waals surface area contributed by atoms with Gasteiger partial charge in [-0.15, -0.1) is 5.92 Å². The average molecular weight is 395 g/mol. The van der Waals surface area contributed by atoms with Crippen LogP contribution in [0.1, 0.15) is 20.3 Å². The van der Waals surface area contributed by atoms with E-state index in [9.17, 15) is 18.4 Å². The fourth-order valence-corrected chi connectivity index (χ4v) is 3.06. The zero-order chi connectivity index (χ0) is 20.0. The van der Waals surface area contributed by atoms with Crippen molar-refractivity contribution in [2.45, 2.75) is 31.1 Å². The SMILES string of the molecule is CC#CCOc1ccc(N2C[C@H](C[C@](C)(C(=O)NO)S(=O)[O-])OC2=O)cc1. The Balaban J connectivity index is 2.07. The summed E-state index contributed by atoms with van der Waals surface area (Å²) in [6.07, 6.45) is -1.79. The molecule has 9 nitrogen and oxygen atoms in total. The number of ether oxygens (including phenoxy) is 2. The first-order valence-electron chi connectivity index (χ1n) is 7.96. The predicted octanol–water partition coefficient (Wildman–Crippen LogP) is 0.947. The number of nitrogens with zero attached hydrogens (tertiary/aromatic N) is 1. The molecule has 1 aromatic rings. The van der Waals surface area contributed by atoms with Crippen molar-refractivity contribution in [2.24, 2.45) is 0 Å². The Hall–Kier alpha value is -2.61. The average Bonchev–Trinajstić information content (AvgIpc) is 3.01. The van der Waals surface area contributed by atoms with Gasteiger partial charge in [-0.3, -0.25) is 19.1 Å². The second kappa shape index (κ2) is 8.85. The number of hydroxylamine groups is 1. The molecule has 0 aliphatic carbocycles. The van der Waals surface area contributed by atoms with Crippen LogP contribution in [0.4, 0.5) is 10.5 Å². The van der Waals surface area contributed by atoms with Crippen LogP contribution in [0.15, 0.2) is 24.3 Å². The van der Waals surface area contributed by atoms with Gasteiger partial charge < -0.3 is 14.0 Å². The summed E-state index contributed by atoms with van der Waals surface area (Å²) in [6.45, 7) is 3.16. The number of nitrogens with one attached hydrogen (secondary N) is 1. The normalized spacial score (nSPS) is 19.3. The molecular formula is C17H19N2O7S-. The summed E-state index contributed by atoms with van der Waals surface area (Å²) in [6, 6.07) is 6.65. The third kappa shape index (κ3) is 4.77. The van der Waals surface area contributed by atoms with E-state index in [-0.39, 0.29) is 19.6 Å². The zero-order valence-electron chi connectivity index (χ0n) is 14.8. The molecule has 2 N–H and O–H groups in total. The van der Waals surface area contributed by atoms with Gasteiger partial charge >= 0.3 is 6.09 Å². The molecule has 1 saturated heterocycles. The van der Waals surface area contributed by atoms with Crippen molar-refractivity contribution in [3.8, 4) is 17.6 Å². The number of hydrogen-bond acceptors (Lipinski definition) is 7. The van der Waals surface area contributed by atoms with Crippen LogP contribution in [0.2, 0.25) is 0 Å². The number of hydrogen-bond donors (Lipinski definition) is 2. The van der Waals surface area contributed by atoms with Crippen molar-refractivity contribution in [3.05, 3.63) is 24.3 Å². The van der Waals surface area contributed by atoms with E-state index in [1.54, 1.807) is 31.2 Å². The van der Waals surface area contributed by atoms with E-state index in [0.717, 1.165) is 6.92 Å². The van der Waals surface area contributed by atoms with Crippen LogP contribution in [0, 0.1) is 11.8 Å². The number of carbonyl (C=O) groups is 2. The van der Waals surface area contributed by atoms with Gasteiger partial charge in [0.05, 0.1) is 6.54 Å². The van der Waals surface area contributed by atoms with Gasteiger partial charge in [0.15, 0.2) is 0 Å². The van der Waals surface area contributed by atoms with E-state index in [1.807, 2.05) is 0 Å². The van der Waals surface area contributed by atoms with Crippen molar-refractivity contribution in [1.82, 2.24) is 5.48 Å². The van der Waals surface area contributed by atoms with Gasteiger partial charge in [0, 0.05) is 12.1 Å². The molecule has 146 valence electrons. The lowest BCUT2D eigenvalue weighted by Gasteiger charge is -2.30. The molecule has 1 aliphatic heterocycles. The summed E-state index contributed by atoms with van der Waals surface area (Å²) in [7, 11) is 0. The summed E-state index contributed by atoms with van der Waals surface area (Å²) in [5.41, 5.74) is 1.87. The first-order chi connectivity index (χ1) is 12.8. The summed E-state index contributed by atoms with van der Waals surface area (Å²) in [5.74, 6) is 4.96. The van der Waals surface area contributed by atoms with E-state index < -0.39 is 33.9 Å².